The molecule has 0 bridgehead atoms. The summed E-state index contributed by atoms with van der Waals surface area (Å²) in [4.78, 5) is 4.18. The first-order valence-electron chi connectivity index (χ1n) is 3.61. The molecule has 0 unspecified atom stereocenters. The van der Waals surface area contributed by atoms with Gasteiger partial charge in [0.2, 0.25) is 0 Å². The van der Waals surface area contributed by atoms with Crippen molar-refractivity contribution in [3.8, 4) is 11.4 Å². The average molecular weight is 385 g/mol. The first-order valence-corrected chi connectivity index (χ1v) is 6.26. The summed E-state index contributed by atoms with van der Waals surface area (Å²) in [6, 6.07) is 4.46. The molecule has 0 radical (unpaired) electrons. The second kappa shape index (κ2) is 4.19. The lowest BCUT2D eigenvalue weighted by atomic mass is 10.2. The summed E-state index contributed by atoms with van der Waals surface area (Å²) in [5, 5.41) is 0. The second-order valence-electron chi connectivity index (χ2n) is 2.50. The third kappa shape index (κ3) is 2.12. The molecule has 0 saturated heterocycles. The first kappa shape index (κ1) is 10.4. The van der Waals surface area contributed by atoms with Crippen LogP contribution in [0.25, 0.3) is 11.4 Å². The third-order valence-electron chi connectivity index (χ3n) is 1.57. The van der Waals surface area contributed by atoms with Crippen LogP contribution in [-0.2, 0) is 0 Å². The van der Waals surface area contributed by atoms with Crippen LogP contribution in [0.15, 0.2) is 22.7 Å². The van der Waals surface area contributed by atoms with Gasteiger partial charge in [0.05, 0.1) is 0 Å². The van der Waals surface area contributed by atoms with Crippen molar-refractivity contribution in [2.24, 2.45) is 0 Å². The van der Waals surface area contributed by atoms with Gasteiger partial charge < -0.3 is 0 Å². The Morgan fingerprint density at radius 2 is 2.21 bits per heavy atom. The largest absolute Gasteiger partial charge is 0.209 e. The van der Waals surface area contributed by atoms with E-state index in [1.165, 1.54) is 23.7 Å². The molecule has 0 aliphatic carbocycles. The molecule has 0 N–H and O–H groups in total. The normalized spacial score (nSPS) is 10.5. The van der Waals surface area contributed by atoms with Crippen LogP contribution in [0.1, 0.15) is 0 Å². The first-order chi connectivity index (χ1) is 6.66. The van der Waals surface area contributed by atoms with E-state index in [0.29, 0.717) is 11.4 Å². The minimum atomic E-state index is -0.284. The van der Waals surface area contributed by atoms with Crippen molar-refractivity contribution >= 4 is 50.1 Å². The van der Waals surface area contributed by atoms with Crippen LogP contribution in [0.4, 0.5) is 4.39 Å². The smallest absolute Gasteiger partial charge is 0.175 e. The van der Waals surface area contributed by atoms with E-state index in [1.54, 1.807) is 6.07 Å². The molecular formula is C8H3BrFIN2S. The molecule has 2 aromatic rings. The lowest BCUT2D eigenvalue weighted by molar-refractivity contribution is 0.628. The lowest BCUT2D eigenvalue weighted by Gasteiger charge is -1.98. The maximum absolute atomic E-state index is 13.0. The monoisotopic (exact) mass is 384 g/mol. The Hall–Kier alpha value is -0.0800. The number of hydrogen-bond donors (Lipinski definition) is 0. The number of benzene rings is 1. The highest BCUT2D eigenvalue weighted by Gasteiger charge is 2.09. The van der Waals surface area contributed by atoms with Crippen LogP contribution < -0.4 is 0 Å². The van der Waals surface area contributed by atoms with Gasteiger partial charge in [-0.3, -0.25) is 0 Å². The van der Waals surface area contributed by atoms with E-state index in [4.69, 9.17) is 0 Å². The van der Waals surface area contributed by atoms with Gasteiger partial charge in [0.25, 0.3) is 0 Å². The van der Waals surface area contributed by atoms with Gasteiger partial charge in [0, 0.05) is 10.0 Å². The quantitative estimate of drug-likeness (QED) is 0.700. The Labute approximate surface area is 106 Å². The van der Waals surface area contributed by atoms with E-state index in [9.17, 15) is 4.39 Å². The van der Waals surface area contributed by atoms with Crippen LogP contribution in [0.2, 0.25) is 0 Å². The topological polar surface area (TPSA) is 25.8 Å². The molecule has 0 saturated carbocycles. The molecule has 2 rings (SSSR count). The van der Waals surface area contributed by atoms with E-state index in [2.05, 4.69) is 47.9 Å². The van der Waals surface area contributed by atoms with Gasteiger partial charge in [-0.05, 0) is 52.3 Å². The van der Waals surface area contributed by atoms with E-state index < -0.39 is 0 Å². The molecule has 2 nitrogen and oxygen atoms in total. The van der Waals surface area contributed by atoms with Gasteiger partial charge in [0.15, 0.2) is 8.84 Å². The number of hydrogen-bond acceptors (Lipinski definition) is 3. The summed E-state index contributed by atoms with van der Waals surface area (Å²) in [7, 11) is 0. The Bertz CT molecular complexity index is 474. The number of halogens is 3. The fourth-order valence-electron chi connectivity index (χ4n) is 0.983. The summed E-state index contributed by atoms with van der Waals surface area (Å²) >= 11 is 6.71. The molecule has 0 aliphatic rings. The van der Waals surface area contributed by atoms with E-state index >= 15 is 0 Å². The van der Waals surface area contributed by atoms with Crippen LogP contribution >= 0.6 is 50.1 Å². The minimum Gasteiger partial charge on any atom is -0.209 e. The molecule has 14 heavy (non-hydrogen) atoms. The maximum atomic E-state index is 13.0. The van der Waals surface area contributed by atoms with E-state index in [0.717, 1.165) is 7.49 Å². The molecule has 1 aromatic heterocycles. The Morgan fingerprint density at radius 3 is 2.86 bits per heavy atom. The Morgan fingerprint density at radius 1 is 1.43 bits per heavy atom. The van der Waals surface area contributed by atoms with Crippen molar-refractivity contribution in [2.75, 3.05) is 0 Å². The molecule has 72 valence electrons. The van der Waals surface area contributed by atoms with Crippen molar-refractivity contribution in [2.45, 2.75) is 0 Å². The fraction of sp³-hybridized carbons (Fsp3) is 0. The highest BCUT2D eigenvalue weighted by atomic mass is 127. The predicted octanol–water partition coefficient (Wildman–Crippen LogP) is 3.71. The van der Waals surface area contributed by atoms with Gasteiger partial charge in [-0.1, -0.05) is 15.9 Å². The number of rotatable bonds is 1. The standard InChI is InChI=1S/C8H3BrFIN2S/c9-6-2-1-4(10)3-5(6)7-12-8(11)14-13-7/h1-3H. The van der Waals surface area contributed by atoms with Gasteiger partial charge in [-0.15, -0.1) is 0 Å². The maximum Gasteiger partial charge on any atom is 0.175 e. The summed E-state index contributed by atoms with van der Waals surface area (Å²) in [6.45, 7) is 0. The van der Waals surface area contributed by atoms with Gasteiger partial charge in [0.1, 0.15) is 5.82 Å². The Balaban J connectivity index is 2.55. The lowest BCUT2D eigenvalue weighted by Crippen LogP contribution is -1.84. The second-order valence-corrected chi connectivity index (χ2v) is 5.86. The summed E-state index contributed by atoms with van der Waals surface area (Å²) < 4.78 is 18.7. The number of nitrogens with zero attached hydrogens (tertiary/aromatic N) is 2. The van der Waals surface area contributed by atoms with Gasteiger partial charge in [-0.25, -0.2) is 9.37 Å². The van der Waals surface area contributed by atoms with E-state index in [1.807, 2.05) is 0 Å². The van der Waals surface area contributed by atoms with Crippen LogP contribution in [0, 0.1) is 8.83 Å². The minimum absolute atomic E-state index is 0.284. The molecule has 1 aromatic carbocycles. The van der Waals surface area contributed by atoms with Crippen molar-refractivity contribution in [1.29, 1.82) is 0 Å². The van der Waals surface area contributed by atoms with Crippen LogP contribution in [0.5, 0.6) is 0 Å². The number of aromatic nitrogens is 2. The van der Waals surface area contributed by atoms with Crippen molar-refractivity contribution in [3.63, 3.8) is 0 Å². The highest BCUT2D eigenvalue weighted by Crippen LogP contribution is 2.27. The van der Waals surface area contributed by atoms with Crippen LogP contribution in [-0.4, -0.2) is 9.36 Å². The summed E-state index contributed by atoms with van der Waals surface area (Å²) in [5.41, 5.74) is 0.684. The van der Waals surface area contributed by atoms with Crippen molar-refractivity contribution in [1.82, 2.24) is 9.36 Å². The SMILES string of the molecule is Fc1ccc(Br)c(-c2nsc(I)n2)c1. The molecular weight excluding hydrogens is 382 g/mol. The zero-order valence-corrected chi connectivity index (χ0v) is 11.2. The van der Waals surface area contributed by atoms with Crippen LogP contribution in [0.3, 0.4) is 0 Å². The molecule has 0 aliphatic heterocycles. The molecule has 0 amide bonds. The Kier molecular flexibility index (Phi) is 3.13. The summed E-state index contributed by atoms with van der Waals surface area (Å²) in [6.07, 6.45) is 0. The average Bonchev–Trinajstić information content (AvgIpc) is 2.56. The predicted molar refractivity (Wildman–Crippen MR) is 65.7 cm³/mol. The fourth-order valence-corrected chi connectivity index (χ4v) is 2.36. The van der Waals surface area contributed by atoms with Gasteiger partial charge in [-0.2, -0.15) is 4.37 Å². The highest BCUT2D eigenvalue weighted by molar-refractivity contribution is 14.1. The van der Waals surface area contributed by atoms with E-state index in [-0.39, 0.29) is 5.82 Å². The molecule has 0 atom stereocenters. The van der Waals surface area contributed by atoms with Crippen molar-refractivity contribution < 1.29 is 4.39 Å². The molecule has 6 heteroatoms. The molecule has 0 spiro atoms. The molecule has 0 fully saturated rings. The zero-order chi connectivity index (χ0) is 10.1. The van der Waals surface area contributed by atoms with Gasteiger partial charge >= 0.3 is 0 Å². The third-order valence-corrected chi connectivity index (χ3v) is 3.60. The van der Waals surface area contributed by atoms with Crippen molar-refractivity contribution in [3.05, 3.63) is 31.5 Å². The zero-order valence-electron chi connectivity index (χ0n) is 6.67. The molecule has 1 heterocycles. The summed E-state index contributed by atoms with van der Waals surface area (Å²) in [5.74, 6) is 0.277.